The molecule has 0 saturated carbocycles. The summed E-state index contributed by atoms with van der Waals surface area (Å²) < 4.78 is 32.3. The Labute approximate surface area is 225 Å². The Balaban J connectivity index is 0.000000373. The summed E-state index contributed by atoms with van der Waals surface area (Å²) in [5, 5.41) is 9.84. The van der Waals surface area contributed by atoms with Crippen molar-refractivity contribution in [3.8, 4) is 0 Å². The summed E-state index contributed by atoms with van der Waals surface area (Å²) in [6, 6.07) is 10.6. The highest BCUT2D eigenvalue weighted by atomic mass is 32.2. The highest BCUT2D eigenvalue weighted by Crippen LogP contribution is 2.27. The first kappa shape index (κ1) is 32.8. The minimum absolute atomic E-state index is 0.0181. The smallest absolute Gasteiger partial charge is 0.303 e. The molecule has 0 aromatic heterocycles. The third-order valence-electron chi connectivity index (χ3n) is 6.58. The van der Waals surface area contributed by atoms with Crippen LogP contribution in [0.25, 0.3) is 10.8 Å². The normalized spacial score (nSPS) is 11.2. The van der Waals surface area contributed by atoms with Crippen LogP contribution in [0.2, 0.25) is 0 Å². The lowest BCUT2D eigenvalue weighted by molar-refractivity contribution is -0.137. The van der Waals surface area contributed by atoms with E-state index in [9.17, 15) is 17.8 Å². The van der Waals surface area contributed by atoms with Gasteiger partial charge in [0.1, 0.15) is 4.90 Å². The summed E-state index contributed by atoms with van der Waals surface area (Å²) in [7, 11) is -4.23. The van der Waals surface area contributed by atoms with E-state index in [-0.39, 0.29) is 4.90 Å². The van der Waals surface area contributed by atoms with Gasteiger partial charge in [0, 0.05) is 11.8 Å². The highest BCUT2D eigenvalue weighted by molar-refractivity contribution is 7.86. The average Bonchev–Trinajstić information content (AvgIpc) is 2.86. The maximum absolute atomic E-state index is 11.5. The van der Waals surface area contributed by atoms with E-state index < -0.39 is 16.1 Å². The zero-order valence-electron chi connectivity index (χ0n) is 22.8. The van der Waals surface area contributed by atoms with Crippen LogP contribution in [0.3, 0.4) is 0 Å². The third kappa shape index (κ3) is 15.0. The molecule has 0 fully saturated rings. The topological polar surface area (TPSA) is 91.7 Å². The van der Waals surface area contributed by atoms with Crippen LogP contribution in [-0.2, 0) is 21.3 Å². The molecular weight excluding hydrogens is 484 g/mol. The number of benzene rings is 2. The molecule has 2 aromatic carbocycles. The van der Waals surface area contributed by atoms with Crippen LogP contribution in [0.4, 0.5) is 0 Å². The molecule has 208 valence electrons. The lowest BCUT2D eigenvalue weighted by Crippen LogP contribution is -2.03. The fourth-order valence-electron chi connectivity index (χ4n) is 4.56. The second-order valence-electron chi connectivity index (χ2n) is 9.84. The van der Waals surface area contributed by atoms with E-state index in [0.29, 0.717) is 23.8 Å². The molecule has 2 aromatic rings. The van der Waals surface area contributed by atoms with Gasteiger partial charge in [-0.2, -0.15) is 8.42 Å². The van der Waals surface area contributed by atoms with Crippen molar-refractivity contribution >= 4 is 26.9 Å². The molecule has 6 heteroatoms. The summed E-state index contributed by atoms with van der Waals surface area (Å²) in [5.41, 5.74) is 0.557. The van der Waals surface area contributed by atoms with Crippen molar-refractivity contribution in [3.05, 3.63) is 54.6 Å². The van der Waals surface area contributed by atoms with Crippen LogP contribution in [-0.4, -0.2) is 24.0 Å². The molecule has 0 heterocycles. The number of carbonyl (C=O) groups is 1. The monoisotopic (exact) mass is 532 g/mol. The van der Waals surface area contributed by atoms with Crippen LogP contribution < -0.4 is 0 Å². The Morgan fingerprint density at radius 2 is 1.27 bits per heavy atom. The van der Waals surface area contributed by atoms with Crippen LogP contribution >= 0.6 is 0 Å². The lowest BCUT2D eigenvalue weighted by Gasteiger charge is -2.09. The van der Waals surface area contributed by atoms with E-state index in [1.165, 1.54) is 83.5 Å². The molecule has 0 aliphatic heterocycles. The minimum atomic E-state index is -4.23. The van der Waals surface area contributed by atoms with Crippen molar-refractivity contribution in [2.75, 3.05) is 0 Å². The predicted octanol–water partition coefficient (Wildman–Crippen LogP) is 9.15. The van der Waals surface area contributed by atoms with Gasteiger partial charge in [0.05, 0.1) is 0 Å². The maximum Gasteiger partial charge on any atom is 0.303 e. The second-order valence-corrected chi connectivity index (χ2v) is 11.2. The Bertz CT molecular complexity index is 1010. The van der Waals surface area contributed by atoms with Crippen molar-refractivity contribution in [2.45, 2.75) is 121 Å². The number of allylic oxidation sites excluding steroid dienone is 1. The SMILES string of the molecule is C=CCc1ccc2ccccc2c1S(=O)(=O)O.CCCCCCCCCCCCCCCCCC(=O)O. The summed E-state index contributed by atoms with van der Waals surface area (Å²) in [4.78, 5) is 10.3. The first-order valence-electron chi connectivity index (χ1n) is 14.1. The van der Waals surface area contributed by atoms with Gasteiger partial charge >= 0.3 is 5.97 Å². The molecule has 0 saturated heterocycles. The van der Waals surface area contributed by atoms with Gasteiger partial charge in [-0.1, -0.05) is 139 Å². The van der Waals surface area contributed by atoms with E-state index in [4.69, 9.17) is 5.11 Å². The van der Waals surface area contributed by atoms with E-state index >= 15 is 0 Å². The van der Waals surface area contributed by atoms with Gasteiger partial charge in [-0.15, -0.1) is 6.58 Å². The van der Waals surface area contributed by atoms with Crippen molar-refractivity contribution in [1.82, 2.24) is 0 Å². The van der Waals surface area contributed by atoms with Crippen LogP contribution in [0.5, 0.6) is 0 Å². The summed E-state index contributed by atoms with van der Waals surface area (Å²) in [6.45, 7) is 5.85. The fourth-order valence-corrected chi connectivity index (χ4v) is 5.50. The predicted molar refractivity (Wildman–Crippen MR) is 155 cm³/mol. The van der Waals surface area contributed by atoms with E-state index in [0.717, 1.165) is 18.2 Å². The molecule has 0 spiro atoms. The Morgan fingerprint density at radius 1 is 0.784 bits per heavy atom. The van der Waals surface area contributed by atoms with Crippen molar-refractivity contribution in [2.24, 2.45) is 0 Å². The molecule has 2 rings (SSSR count). The van der Waals surface area contributed by atoms with Crippen LogP contribution in [0.1, 0.15) is 115 Å². The van der Waals surface area contributed by atoms with Gasteiger partial charge < -0.3 is 5.11 Å². The summed E-state index contributed by atoms with van der Waals surface area (Å²) >= 11 is 0. The average molecular weight is 533 g/mol. The minimum Gasteiger partial charge on any atom is -0.481 e. The standard InChI is InChI=1S/C18H36O2.C13H12O3S/c1-2-3-4-5-6-7-8-9-10-11-12-13-14-15-16-17-18(19)20;1-2-5-11-9-8-10-6-3-4-7-12(10)13(11)17(14,15)16/h2-17H2,1H3,(H,19,20);2-4,6-9H,1,5H2,(H,14,15,16). The van der Waals surface area contributed by atoms with E-state index in [2.05, 4.69) is 13.5 Å². The highest BCUT2D eigenvalue weighted by Gasteiger charge is 2.18. The zero-order valence-corrected chi connectivity index (χ0v) is 23.6. The second kappa shape index (κ2) is 19.9. The van der Waals surface area contributed by atoms with Crippen LogP contribution in [0, 0.1) is 0 Å². The first-order valence-corrected chi connectivity index (χ1v) is 15.6. The Morgan fingerprint density at radius 3 is 1.73 bits per heavy atom. The number of hydrogen-bond acceptors (Lipinski definition) is 3. The number of rotatable bonds is 19. The van der Waals surface area contributed by atoms with Gasteiger partial charge in [-0.25, -0.2) is 0 Å². The summed E-state index contributed by atoms with van der Waals surface area (Å²) in [5.74, 6) is -0.653. The largest absolute Gasteiger partial charge is 0.481 e. The van der Waals surface area contributed by atoms with Gasteiger partial charge in [-0.3, -0.25) is 9.35 Å². The quantitative estimate of drug-likeness (QED) is 0.107. The molecule has 5 nitrogen and oxygen atoms in total. The molecule has 0 amide bonds. The number of carboxylic acids is 1. The lowest BCUT2D eigenvalue weighted by atomic mass is 10.0. The van der Waals surface area contributed by atoms with Crippen molar-refractivity contribution in [1.29, 1.82) is 0 Å². The number of aliphatic carboxylic acids is 1. The zero-order chi connectivity index (χ0) is 27.4. The number of hydrogen-bond donors (Lipinski definition) is 2. The molecule has 0 atom stereocenters. The molecule has 0 aliphatic carbocycles. The molecule has 2 N–H and O–H groups in total. The fraction of sp³-hybridized carbons (Fsp3) is 0.581. The number of unbranched alkanes of at least 4 members (excludes halogenated alkanes) is 14. The van der Waals surface area contributed by atoms with Gasteiger partial charge in [0.25, 0.3) is 10.1 Å². The Kier molecular flexibility index (Phi) is 17.6. The van der Waals surface area contributed by atoms with Crippen molar-refractivity contribution in [3.63, 3.8) is 0 Å². The van der Waals surface area contributed by atoms with Crippen molar-refractivity contribution < 1.29 is 22.9 Å². The number of carboxylic acid groups (broad SMARTS) is 1. The molecule has 37 heavy (non-hydrogen) atoms. The van der Waals surface area contributed by atoms with E-state index in [1.54, 1.807) is 24.3 Å². The van der Waals surface area contributed by atoms with Gasteiger partial charge in [0.2, 0.25) is 0 Å². The molecule has 0 radical (unpaired) electrons. The first-order chi connectivity index (χ1) is 17.8. The molecule has 0 unspecified atom stereocenters. The van der Waals surface area contributed by atoms with Crippen LogP contribution in [0.15, 0.2) is 53.9 Å². The Hall–Kier alpha value is -2.18. The molecule has 0 bridgehead atoms. The maximum atomic E-state index is 11.5. The van der Waals surface area contributed by atoms with Gasteiger partial charge in [-0.05, 0) is 23.8 Å². The summed E-state index contributed by atoms with van der Waals surface area (Å²) in [6.07, 6.45) is 22.2. The van der Waals surface area contributed by atoms with E-state index in [1.807, 2.05) is 18.2 Å². The third-order valence-corrected chi connectivity index (χ3v) is 7.58. The molecular formula is C31H48O5S. The molecule has 0 aliphatic rings. The van der Waals surface area contributed by atoms with Gasteiger partial charge in [0.15, 0.2) is 0 Å². The number of fused-ring (bicyclic) bond motifs is 1.